The third-order valence-corrected chi connectivity index (χ3v) is 1.88. The molecule has 74 valence electrons. The Morgan fingerprint density at radius 2 is 1.85 bits per heavy atom. The van der Waals surface area contributed by atoms with E-state index in [0.717, 1.165) is 12.8 Å². The van der Waals surface area contributed by atoms with Crippen molar-refractivity contribution in [2.45, 2.75) is 18.9 Å². The lowest BCUT2D eigenvalue weighted by atomic mass is 10.1. The van der Waals surface area contributed by atoms with Crippen molar-refractivity contribution in [3.8, 4) is 0 Å². The molecule has 0 heterocycles. The minimum atomic E-state index is -0.0785. The molecule has 0 aliphatic rings. The van der Waals surface area contributed by atoms with Gasteiger partial charge in [0.1, 0.15) is 0 Å². The van der Waals surface area contributed by atoms with Crippen molar-refractivity contribution in [1.82, 2.24) is 0 Å². The zero-order valence-corrected chi connectivity index (χ0v) is 8.33. The summed E-state index contributed by atoms with van der Waals surface area (Å²) in [6.45, 7) is 0.0762. The Morgan fingerprint density at radius 1 is 1.23 bits per heavy atom. The predicted molar refractivity (Wildman–Crippen MR) is 57.1 cm³/mol. The standard InChI is InChI=1S/C10H15NO.ClH/c11-10(8-12)7-6-9-4-2-1-3-5-9;/h1-5,10,12H,6-8,11H2;1H/t10-;/m1./s1. The molecule has 0 saturated heterocycles. The normalized spacial score (nSPS) is 11.8. The SMILES string of the molecule is Cl.N[C@@H](CO)CCc1ccccc1. The van der Waals surface area contributed by atoms with Crippen LogP contribution >= 0.6 is 12.4 Å². The highest BCUT2D eigenvalue weighted by molar-refractivity contribution is 5.85. The molecule has 0 fully saturated rings. The van der Waals surface area contributed by atoms with Crippen molar-refractivity contribution in [3.63, 3.8) is 0 Å². The summed E-state index contributed by atoms with van der Waals surface area (Å²) in [6.07, 6.45) is 1.79. The molecule has 0 unspecified atom stereocenters. The maximum Gasteiger partial charge on any atom is 0.0582 e. The molecule has 0 amide bonds. The first-order valence-electron chi connectivity index (χ1n) is 4.23. The summed E-state index contributed by atoms with van der Waals surface area (Å²) in [5.74, 6) is 0. The van der Waals surface area contributed by atoms with E-state index >= 15 is 0 Å². The van der Waals surface area contributed by atoms with Crippen molar-refractivity contribution in [1.29, 1.82) is 0 Å². The smallest absolute Gasteiger partial charge is 0.0582 e. The van der Waals surface area contributed by atoms with Gasteiger partial charge in [-0.05, 0) is 18.4 Å². The van der Waals surface area contributed by atoms with Gasteiger partial charge in [-0.3, -0.25) is 0 Å². The van der Waals surface area contributed by atoms with Gasteiger partial charge in [0, 0.05) is 6.04 Å². The van der Waals surface area contributed by atoms with E-state index < -0.39 is 0 Å². The summed E-state index contributed by atoms with van der Waals surface area (Å²) in [5, 5.41) is 8.69. The van der Waals surface area contributed by atoms with Crippen LogP contribution in [0.5, 0.6) is 0 Å². The molecular weight excluding hydrogens is 186 g/mol. The van der Waals surface area contributed by atoms with Gasteiger partial charge in [-0.1, -0.05) is 30.3 Å². The van der Waals surface area contributed by atoms with Crippen LogP contribution in [0.25, 0.3) is 0 Å². The van der Waals surface area contributed by atoms with Gasteiger partial charge in [0.05, 0.1) is 6.61 Å². The number of aryl methyl sites for hydroxylation is 1. The highest BCUT2D eigenvalue weighted by Gasteiger charge is 1.99. The fourth-order valence-corrected chi connectivity index (χ4v) is 1.09. The Hall–Kier alpha value is -0.570. The zero-order chi connectivity index (χ0) is 8.81. The second kappa shape index (κ2) is 6.89. The minimum absolute atomic E-state index is 0. The molecule has 3 N–H and O–H groups in total. The van der Waals surface area contributed by atoms with Crippen molar-refractivity contribution in [2.24, 2.45) is 5.73 Å². The molecule has 0 spiro atoms. The molecule has 0 saturated carbocycles. The number of benzene rings is 1. The molecule has 1 aromatic rings. The molecule has 2 nitrogen and oxygen atoms in total. The van der Waals surface area contributed by atoms with Crippen LogP contribution in [0.15, 0.2) is 30.3 Å². The summed E-state index contributed by atoms with van der Waals surface area (Å²) >= 11 is 0. The summed E-state index contributed by atoms with van der Waals surface area (Å²) in [7, 11) is 0. The van der Waals surface area contributed by atoms with Crippen LogP contribution in [0.4, 0.5) is 0 Å². The van der Waals surface area contributed by atoms with Crippen molar-refractivity contribution in [2.75, 3.05) is 6.61 Å². The fourth-order valence-electron chi connectivity index (χ4n) is 1.09. The molecule has 0 aliphatic heterocycles. The van der Waals surface area contributed by atoms with Gasteiger partial charge in [-0.2, -0.15) is 0 Å². The molecule has 1 atom stereocenters. The Kier molecular flexibility index (Phi) is 6.59. The second-order valence-corrected chi connectivity index (χ2v) is 2.97. The van der Waals surface area contributed by atoms with E-state index in [4.69, 9.17) is 10.8 Å². The number of hydrogen-bond donors (Lipinski definition) is 2. The lowest BCUT2D eigenvalue weighted by Gasteiger charge is -2.06. The molecule has 1 aromatic carbocycles. The van der Waals surface area contributed by atoms with E-state index in [2.05, 4.69) is 12.1 Å². The lowest BCUT2D eigenvalue weighted by molar-refractivity contribution is 0.260. The van der Waals surface area contributed by atoms with Crippen LogP contribution in [0.3, 0.4) is 0 Å². The molecule has 13 heavy (non-hydrogen) atoms. The Labute approximate surface area is 85.2 Å². The van der Waals surface area contributed by atoms with E-state index in [1.54, 1.807) is 0 Å². The summed E-state index contributed by atoms with van der Waals surface area (Å²) in [4.78, 5) is 0. The molecule has 1 rings (SSSR count). The van der Waals surface area contributed by atoms with Crippen LogP contribution in [0.2, 0.25) is 0 Å². The van der Waals surface area contributed by atoms with E-state index in [1.165, 1.54) is 5.56 Å². The molecule has 0 aromatic heterocycles. The average molecular weight is 202 g/mol. The van der Waals surface area contributed by atoms with Gasteiger partial charge in [-0.15, -0.1) is 12.4 Å². The maximum absolute atomic E-state index is 8.69. The largest absolute Gasteiger partial charge is 0.395 e. The second-order valence-electron chi connectivity index (χ2n) is 2.97. The first-order valence-corrected chi connectivity index (χ1v) is 4.23. The summed E-state index contributed by atoms with van der Waals surface area (Å²) in [5.41, 5.74) is 6.85. The number of aliphatic hydroxyl groups is 1. The summed E-state index contributed by atoms with van der Waals surface area (Å²) in [6, 6.07) is 10.1. The lowest BCUT2D eigenvalue weighted by Crippen LogP contribution is -2.24. The topological polar surface area (TPSA) is 46.2 Å². The third-order valence-electron chi connectivity index (χ3n) is 1.88. The predicted octanol–water partition coefficient (Wildman–Crippen LogP) is 1.36. The Morgan fingerprint density at radius 3 is 2.38 bits per heavy atom. The van der Waals surface area contributed by atoms with Gasteiger partial charge < -0.3 is 10.8 Å². The van der Waals surface area contributed by atoms with Crippen molar-refractivity contribution < 1.29 is 5.11 Å². The van der Waals surface area contributed by atoms with Crippen molar-refractivity contribution in [3.05, 3.63) is 35.9 Å². The molecular formula is C10H16ClNO. The number of aliphatic hydroxyl groups excluding tert-OH is 1. The van der Waals surface area contributed by atoms with Gasteiger partial charge >= 0.3 is 0 Å². The number of halogens is 1. The number of rotatable bonds is 4. The molecule has 0 radical (unpaired) electrons. The van der Waals surface area contributed by atoms with Crippen LogP contribution in [-0.4, -0.2) is 17.8 Å². The monoisotopic (exact) mass is 201 g/mol. The highest BCUT2D eigenvalue weighted by atomic mass is 35.5. The number of hydrogen-bond acceptors (Lipinski definition) is 2. The van der Waals surface area contributed by atoms with Crippen molar-refractivity contribution >= 4 is 12.4 Å². The van der Waals surface area contributed by atoms with E-state index in [-0.39, 0.29) is 25.1 Å². The minimum Gasteiger partial charge on any atom is -0.395 e. The Bertz CT molecular complexity index is 215. The summed E-state index contributed by atoms with van der Waals surface area (Å²) < 4.78 is 0. The fraction of sp³-hybridized carbons (Fsp3) is 0.400. The van der Waals surface area contributed by atoms with E-state index in [0.29, 0.717) is 0 Å². The maximum atomic E-state index is 8.69. The van der Waals surface area contributed by atoms with Gasteiger partial charge in [0.2, 0.25) is 0 Å². The molecule has 0 bridgehead atoms. The quantitative estimate of drug-likeness (QED) is 0.773. The van der Waals surface area contributed by atoms with Crippen LogP contribution < -0.4 is 5.73 Å². The zero-order valence-electron chi connectivity index (χ0n) is 7.52. The van der Waals surface area contributed by atoms with Gasteiger partial charge in [-0.25, -0.2) is 0 Å². The number of nitrogens with two attached hydrogens (primary N) is 1. The van der Waals surface area contributed by atoms with E-state index in [9.17, 15) is 0 Å². The third kappa shape index (κ3) is 4.88. The Balaban J connectivity index is 0.00000144. The van der Waals surface area contributed by atoms with Crippen LogP contribution in [-0.2, 0) is 6.42 Å². The first-order chi connectivity index (χ1) is 5.83. The van der Waals surface area contributed by atoms with Crippen LogP contribution in [0.1, 0.15) is 12.0 Å². The molecule has 3 heteroatoms. The highest BCUT2D eigenvalue weighted by Crippen LogP contribution is 2.03. The van der Waals surface area contributed by atoms with E-state index in [1.807, 2.05) is 18.2 Å². The van der Waals surface area contributed by atoms with Gasteiger partial charge in [0.25, 0.3) is 0 Å². The van der Waals surface area contributed by atoms with Gasteiger partial charge in [0.15, 0.2) is 0 Å². The van der Waals surface area contributed by atoms with Crippen LogP contribution in [0, 0.1) is 0 Å². The average Bonchev–Trinajstić information content (AvgIpc) is 2.16. The molecule has 0 aliphatic carbocycles. The first kappa shape index (κ1) is 12.4.